The van der Waals surface area contributed by atoms with Crippen LogP contribution in [-0.2, 0) is 13.8 Å². The number of nitrogens with zero attached hydrogens (tertiary/aromatic N) is 2. The van der Waals surface area contributed by atoms with Crippen LogP contribution in [0.15, 0.2) is 11.0 Å². The highest BCUT2D eigenvalue weighted by Crippen LogP contribution is 2.35. The average molecular weight is 305 g/mol. The Hall–Kier alpha value is -2.27. The highest BCUT2D eigenvalue weighted by molar-refractivity contribution is 7.46. The molecule has 2 aromatic heterocycles. The van der Waals surface area contributed by atoms with Crippen LogP contribution in [0.2, 0.25) is 0 Å². The first kappa shape index (κ1) is 14.1. The number of fused-ring (bicyclic) bond motifs is 1. The minimum Gasteiger partial charge on any atom is -0.421 e. The third-order valence-electron chi connectivity index (χ3n) is 2.01. The van der Waals surface area contributed by atoms with E-state index in [1.807, 2.05) is 0 Å². The molecule has 0 saturated heterocycles. The predicted molar refractivity (Wildman–Crippen MR) is 62.6 cm³/mol. The summed E-state index contributed by atoms with van der Waals surface area (Å²) in [6.07, 6.45) is 0.250. The third-order valence-corrected chi connectivity index (χ3v) is 2.45. The summed E-state index contributed by atoms with van der Waals surface area (Å²) in [6, 6.07) is 0. The van der Waals surface area contributed by atoms with Gasteiger partial charge in [-0.1, -0.05) is 0 Å². The lowest BCUT2D eigenvalue weighted by atomic mass is 10.3. The summed E-state index contributed by atoms with van der Waals surface area (Å²) in [4.78, 5) is 39.4. The van der Waals surface area contributed by atoms with E-state index in [0.29, 0.717) is 0 Å². The number of phosphoric acid groups is 1. The fourth-order valence-electron chi connectivity index (χ4n) is 1.24. The van der Waals surface area contributed by atoms with Crippen LogP contribution >= 0.6 is 7.82 Å². The lowest BCUT2D eigenvalue weighted by Crippen LogP contribution is -2.18. The number of anilines is 1. The van der Waals surface area contributed by atoms with Crippen molar-refractivity contribution in [3.8, 4) is 0 Å². The van der Waals surface area contributed by atoms with Gasteiger partial charge in [-0.05, 0) is 0 Å². The Morgan fingerprint density at radius 1 is 1.45 bits per heavy atom. The van der Waals surface area contributed by atoms with Gasteiger partial charge in [-0.2, -0.15) is 10.2 Å². The molecule has 0 unspecified atom stereocenters. The van der Waals surface area contributed by atoms with Crippen molar-refractivity contribution in [1.82, 2.24) is 20.4 Å². The predicted octanol–water partition coefficient (Wildman–Crippen LogP) is -0.739. The van der Waals surface area contributed by atoms with Gasteiger partial charge < -0.3 is 14.5 Å². The molecule has 0 saturated carbocycles. The average Bonchev–Trinajstić information content (AvgIpc) is 2.81. The van der Waals surface area contributed by atoms with Crippen molar-refractivity contribution < 1.29 is 28.4 Å². The van der Waals surface area contributed by atoms with Crippen LogP contribution in [0, 0.1) is 0 Å². The number of nitrogens with one attached hydrogen (secondary N) is 3. The molecule has 0 atom stereocenters. The molecule has 1 amide bonds. The summed E-state index contributed by atoms with van der Waals surface area (Å²) in [6.45, 7) is -0.950. The summed E-state index contributed by atoms with van der Waals surface area (Å²) in [7, 11) is -4.72. The molecule has 0 radical (unpaired) electrons. The molecular formula is C7H8N5O7P. The molecule has 0 fully saturated rings. The zero-order chi connectivity index (χ0) is 14.8. The zero-order valence-corrected chi connectivity index (χ0v) is 10.5. The maximum absolute atomic E-state index is 11.3. The van der Waals surface area contributed by atoms with Crippen molar-refractivity contribution in [2.45, 2.75) is 0 Å². The van der Waals surface area contributed by atoms with Gasteiger partial charge in [0.15, 0.2) is 11.3 Å². The van der Waals surface area contributed by atoms with Crippen LogP contribution in [0.3, 0.4) is 0 Å². The highest BCUT2D eigenvalue weighted by atomic mass is 31.2. The second-order valence-electron chi connectivity index (χ2n) is 3.34. The van der Waals surface area contributed by atoms with Gasteiger partial charge in [0, 0.05) is 6.20 Å². The summed E-state index contributed by atoms with van der Waals surface area (Å²) in [5.41, 5.74) is -0.522. The van der Waals surface area contributed by atoms with Crippen LogP contribution in [0.4, 0.5) is 10.6 Å². The number of aromatic amines is 2. The van der Waals surface area contributed by atoms with E-state index in [4.69, 9.17) is 9.79 Å². The number of phosphoric ester groups is 1. The van der Waals surface area contributed by atoms with Crippen molar-refractivity contribution in [3.63, 3.8) is 0 Å². The SMILES string of the molecule is O=C(Nc1n[nH]c(=O)c2n[nH]cc12)OCOP(=O)(O)O. The van der Waals surface area contributed by atoms with E-state index in [-0.39, 0.29) is 16.7 Å². The number of carbonyl (C=O) groups is 1. The zero-order valence-electron chi connectivity index (χ0n) is 9.56. The molecule has 2 aromatic rings. The Kier molecular flexibility index (Phi) is 3.81. The fraction of sp³-hybridized carbons (Fsp3) is 0.143. The molecule has 0 aliphatic heterocycles. The highest BCUT2D eigenvalue weighted by Gasteiger charge is 2.16. The molecule has 13 heteroatoms. The lowest BCUT2D eigenvalue weighted by Gasteiger charge is -2.07. The maximum Gasteiger partial charge on any atom is 0.472 e. The number of rotatable bonds is 4. The van der Waals surface area contributed by atoms with Crippen molar-refractivity contribution in [2.75, 3.05) is 12.1 Å². The smallest absolute Gasteiger partial charge is 0.421 e. The van der Waals surface area contributed by atoms with E-state index in [1.165, 1.54) is 6.20 Å². The van der Waals surface area contributed by atoms with Gasteiger partial charge in [-0.15, -0.1) is 0 Å². The number of hydrogen-bond donors (Lipinski definition) is 5. The van der Waals surface area contributed by atoms with Gasteiger partial charge in [-0.3, -0.25) is 15.2 Å². The van der Waals surface area contributed by atoms with E-state index >= 15 is 0 Å². The quantitative estimate of drug-likeness (QED) is 0.359. The Morgan fingerprint density at radius 2 is 2.20 bits per heavy atom. The number of aromatic nitrogens is 4. The minimum absolute atomic E-state index is 0.0294. The second-order valence-corrected chi connectivity index (χ2v) is 4.58. The first-order valence-corrected chi connectivity index (χ1v) is 6.46. The largest absolute Gasteiger partial charge is 0.472 e. The van der Waals surface area contributed by atoms with Crippen LogP contribution < -0.4 is 10.9 Å². The number of carbonyl (C=O) groups excluding carboxylic acids is 1. The molecule has 0 aliphatic carbocycles. The standard InChI is InChI=1S/C7H8N5O7P/c13-6-4-3(1-8-10-4)5(11-12-6)9-7(14)18-2-19-20(15,16)17/h1H,2H2,(H,8,10)(H,12,13)(H,9,11,14)(H2,15,16,17). The summed E-state index contributed by atoms with van der Waals surface area (Å²) < 4.78 is 18.6. The topological polar surface area (TPSA) is 180 Å². The first-order valence-electron chi connectivity index (χ1n) is 4.93. The van der Waals surface area contributed by atoms with E-state index in [9.17, 15) is 14.2 Å². The molecule has 2 heterocycles. The van der Waals surface area contributed by atoms with E-state index < -0.39 is 26.3 Å². The number of H-pyrrole nitrogens is 2. The van der Waals surface area contributed by atoms with Crippen molar-refractivity contribution in [3.05, 3.63) is 16.6 Å². The van der Waals surface area contributed by atoms with Crippen LogP contribution in [0.5, 0.6) is 0 Å². The summed E-state index contributed by atoms with van der Waals surface area (Å²) in [5, 5.41) is 14.1. The van der Waals surface area contributed by atoms with Gasteiger partial charge in [-0.25, -0.2) is 19.0 Å². The van der Waals surface area contributed by atoms with Crippen molar-refractivity contribution >= 4 is 30.6 Å². The van der Waals surface area contributed by atoms with E-state index in [2.05, 4.69) is 35.0 Å². The fourth-order valence-corrected chi connectivity index (χ4v) is 1.43. The monoisotopic (exact) mass is 305 g/mol. The molecular weight excluding hydrogens is 297 g/mol. The van der Waals surface area contributed by atoms with E-state index in [1.54, 1.807) is 0 Å². The van der Waals surface area contributed by atoms with Crippen LogP contribution in [0.25, 0.3) is 10.9 Å². The first-order chi connectivity index (χ1) is 9.37. The molecule has 12 nitrogen and oxygen atoms in total. The second kappa shape index (κ2) is 5.38. The molecule has 108 valence electrons. The Bertz CT molecular complexity index is 732. The molecule has 0 aliphatic rings. The van der Waals surface area contributed by atoms with Gasteiger partial charge in [0.2, 0.25) is 6.79 Å². The molecule has 0 bridgehead atoms. The van der Waals surface area contributed by atoms with Gasteiger partial charge in [0.05, 0.1) is 5.39 Å². The number of hydrogen-bond acceptors (Lipinski definition) is 7. The van der Waals surface area contributed by atoms with Gasteiger partial charge in [0.1, 0.15) is 0 Å². The Morgan fingerprint density at radius 3 is 2.90 bits per heavy atom. The Labute approximate surface area is 109 Å². The third kappa shape index (κ3) is 3.39. The molecule has 5 N–H and O–H groups in total. The molecule has 0 spiro atoms. The maximum atomic E-state index is 11.3. The van der Waals surface area contributed by atoms with Crippen LogP contribution in [-0.4, -0.2) is 43.1 Å². The summed E-state index contributed by atoms with van der Waals surface area (Å²) in [5.74, 6) is -0.0467. The molecule has 20 heavy (non-hydrogen) atoms. The van der Waals surface area contributed by atoms with Gasteiger partial charge in [0.25, 0.3) is 5.56 Å². The molecule has 2 rings (SSSR count). The normalized spacial score (nSPS) is 11.5. The summed E-state index contributed by atoms with van der Waals surface area (Å²) >= 11 is 0. The van der Waals surface area contributed by atoms with Crippen molar-refractivity contribution in [1.29, 1.82) is 0 Å². The van der Waals surface area contributed by atoms with E-state index in [0.717, 1.165) is 0 Å². The Balaban J connectivity index is 2.03. The number of amides is 1. The minimum atomic E-state index is -4.72. The lowest BCUT2D eigenvalue weighted by molar-refractivity contribution is 0.0470. The van der Waals surface area contributed by atoms with Gasteiger partial charge >= 0.3 is 13.9 Å². The number of ether oxygens (including phenoxy) is 1. The van der Waals surface area contributed by atoms with Crippen LogP contribution in [0.1, 0.15) is 0 Å². The molecule has 0 aromatic carbocycles. The van der Waals surface area contributed by atoms with Crippen molar-refractivity contribution in [2.24, 2.45) is 0 Å².